The quantitative estimate of drug-likeness (QED) is 0.615. The van der Waals surface area contributed by atoms with Crippen molar-refractivity contribution in [1.82, 2.24) is 15.2 Å². The minimum Gasteiger partial charge on any atom is -0.496 e. The molecule has 0 saturated carbocycles. The van der Waals surface area contributed by atoms with Crippen molar-refractivity contribution in [3.63, 3.8) is 0 Å². The number of nitrogens with zero attached hydrogens (tertiary/aromatic N) is 3. The van der Waals surface area contributed by atoms with E-state index in [9.17, 15) is 0 Å². The van der Waals surface area contributed by atoms with Gasteiger partial charge in [0.15, 0.2) is 5.82 Å². The summed E-state index contributed by atoms with van der Waals surface area (Å²) in [6, 6.07) is 13.0. The van der Waals surface area contributed by atoms with Gasteiger partial charge >= 0.3 is 0 Å². The van der Waals surface area contributed by atoms with Gasteiger partial charge < -0.3 is 15.4 Å². The maximum Gasteiger partial charge on any atom is 0.249 e. The Kier molecular flexibility index (Phi) is 6.09. The van der Waals surface area contributed by atoms with Crippen LogP contribution in [-0.4, -0.2) is 28.8 Å². The van der Waals surface area contributed by atoms with Crippen LogP contribution in [-0.2, 0) is 6.42 Å². The monoisotopic (exact) mass is 389 g/mol. The van der Waals surface area contributed by atoms with E-state index in [-0.39, 0.29) is 0 Å². The van der Waals surface area contributed by atoms with Crippen molar-refractivity contribution in [2.75, 3.05) is 24.3 Å². The number of anilines is 3. The lowest BCUT2D eigenvalue weighted by atomic mass is 10.1. The van der Waals surface area contributed by atoms with Crippen molar-refractivity contribution in [2.24, 2.45) is 0 Å². The molecule has 0 aliphatic carbocycles. The maximum absolute atomic E-state index is 6.14. The molecule has 26 heavy (non-hydrogen) atoms. The summed E-state index contributed by atoms with van der Waals surface area (Å²) >= 11 is 12.1. The standard InChI is InChI=1S/C18H17Cl2N5O/c1-26-16-5-3-2-4-12(16)8-9-21-17-11-22-25-18(24-17)23-15-10-13(19)6-7-14(15)20/h2-7,10-11H,8-9H2,1H3,(H2,21,23,24,25). The summed E-state index contributed by atoms with van der Waals surface area (Å²) in [7, 11) is 1.67. The largest absolute Gasteiger partial charge is 0.496 e. The molecule has 3 aromatic rings. The highest BCUT2D eigenvalue weighted by Crippen LogP contribution is 2.27. The van der Waals surface area contributed by atoms with Gasteiger partial charge in [-0.05, 0) is 36.2 Å². The van der Waals surface area contributed by atoms with Gasteiger partial charge in [0.25, 0.3) is 0 Å². The zero-order valence-electron chi connectivity index (χ0n) is 14.0. The fraction of sp³-hybridized carbons (Fsp3) is 0.167. The number of nitrogens with one attached hydrogen (secondary N) is 2. The van der Waals surface area contributed by atoms with E-state index in [1.807, 2.05) is 24.3 Å². The van der Waals surface area contributed by atoms with Crippen LogP contribution in [0.1, 0.15) is 5.56 Å². The summed E-state index contributed by atoms with van der Waals surface area (Å²) in [5.41, 5.74) is 1.74. The van der Waals surface area contributed by atoms with Gasteiger partial charge in [-0.25, -0.2) is 0 Å². The predicted molar refractivity (Wildman–Crippen MR) is 105 cm³/mol. The SMILES string of the molecule is COc1ccccc1CCNc1cnnc(Nc2cc(Cl)ccc2Cl)n1. The number of rotatable bonds is 7. The number of aromatic nitrogens is 3. The third kappa shape index (κ3) is 4.74. The lowest BCUT2D eigenvalue weighted by molar-refractivity contribution is 0.410. The van der Waals surface area contributed by atoms with Gasteiger partial charge in [0.05, 0.1) is 24.0 Å². The summed E-state index contributed by atoms with van der Waals surface area (Å²) < 4.78 is 5.36. The van der Waals surface area contributed by atoms with Crippen LogP contribution in [0, 0.1) is 0 Å². The number of methoxy groups -OCH3 is 1. The number of hydrogen-bond donors (Lipinski definition) is 2. The second-order valence-electron chi connectivity index (χ2n) is 5.40. The smallest absolute Gasteiger partial charge is 0.249 e. The first-order valence-corrected chi connectivity index (χ1v) is 8.69. The molecule has 6 nitrogen and oxygen atoms in total. The molecule has 0 aliphatic rings. The third-order valence-electron chi connectivity index (χ3n) is 3.63. The molecule has 0 radical (unpaired) electrons. The Morgan fingerprint density at radius 3 is 2.81 bits per heavy atom. The molecule has 0 spiro atoms. The third-order valence-corrected chi connectivity index (χ3v) is 4.19. The average Bonchev–Trinajstić information content (AvgIpc) is 2.65. The van der Waals surface area contributed by atoms with Crippen molar-refractivity contribution in [1.29, 1.82) is 0 Å². The van der Waals surface area contributed by atoms with E-state index >= 15 is 0 Å². The molecule has 0 aliphatic heterocycles. The summed E-state index contributed by atoms with van der Waals surface area (Å²) in [5, 5.41) is 15.3. The Bertz CT molecular complexity index is 891. The van der Waals surface area contributed by atoms with Gasteiger partial charge in [0.1, 0.15) is 5.75 Å². The molecule has 0 atom stereocenters. The summed E-state index contributed by atoms with van der Waals surface area (Å²) in [6.45, 7) is 0.677. The van der Waals surface area contributed by atoms with Crippen molar-refractivity contribution in [3.8, 4) is 5.75 Å². The van der Waals surface area contributed by atoms with Crippen molar-refractivity contribution in [3.05, 3.63) is 64.3 Å². The normalized spacial score (nSPS) is 10.4. The van der Waals surface area contributed by atoms with E-state index in [1.165, 1.54) is 0 Å². The summed E-state index contributed by atoms with van der Waals surface area (Å²) in [6.07, 6.45) is 2.35. The minimum atomic E-state index is 0.330. The topological polar surface area (TPSA) is 72.0 Å². The van der Waals surface area contributed by atoms with Crippen LogP contribution < -0.4 is 15.4 Å². The molecular formula is C18H17Cl2N5O. The molecular weight excluding hydrogens is 373 g/mol. The summed E-state index contributed by atoms with van der Waals surface area (Å²) in [4.78, 5) is 4.38. The van der Waals surface area contributed by atoms with Crippen LogP contribution in [0.25, 0.3) is 0 Å². The van der Waals surface area contributed by atoms with E-state index in [4.69, 9.17) is 27.9 Å². The molecule has 0 unspecified atom stereocenters. The van der Waals surface area contributed by atoms with Crippen molar-refractivity contribution >= 4 is 40.7 Å². The molecule has 1 aromatic heterocycles. The Balaban J connectivity index is 1.63. The highest BCUT2D eigenvalue weighted by atomic mass is 35.5. The van der Waals surface area contributed by atoms with Gasteiger partial charge in [0, 0.05) is 11.6 Å². The van der Waals surface area contributed by atoms with Gasteiger partial charge in [-0.15, -0.1) is 5.10 Å². The first-order chi connectivity index (χ1) is 12.7. The van der Waals surface area contributed by atoms with Crippen LogP contribution >= 0.6 is 23.2 Å². The average molecular weight is 390 g/mol. The fourth-order valence-electron chi connectivity index (χ4n) is 2.39. The molecule has 0 bridgehead atoms. The lowest BCUT2D eigenvalue weighted by Gasteiger charge is -2.10. The highest BCUT2D eigenvalue weighted by Gasteiger charge is 2.06. The van der Waals surface area contributed by atoms with Crippen LogP contribution in [0.2, 0.25) is 10.0 Å². The Labute approximate surface area is 161 Å². The number of hydrogen-bond acceptors (Lipinski definition) is 6. The molecule has 3 rings (SSSR count). The Morgan fingerprint density at radius 1 is 1.12 bits per heavy atom. The zero-order chi connectivity index (χ0) is 18.4. The molecule has 8 heteroatoms. The van der Waals surface area contributed by atoms with E-state index in [0.29, 0.717) is 34.0 Å². The van der Waals surface area contributed by atoms with Crippen LogP contribution in [0.4, 0.5) is 17.5 Å². The Hall–Kier alpha value is -2.57. The highest BCUT2D eigenvalue weighted by molar-refractivity contribution is 6.35. The van der Waals surface area contributed by atoms with E-state index in [2.05, 4.69) is 25.8 Å². The minimum absolute atomic E-state index is 0.330. The molecule has 134 valence electrons. The molecule has 2 aromatic carbocycles. The maximum atomic E-state index is 6.14. The van der Waals surface area contributed by atoms with Crippen molar-refractivity contribution in [2.45, 2.75) is 6.42 Å². The number of halogens is 2. The van der Waals surface area contributed by atoms with E-state index in [1.54, 1.807) is 31.5 Å². The van der Waals surface area contributed by atoms with Crippen LogP contribution in [0.15, 0.2) is 48.7 Å². The first kappa shape index (κ1) is 18.2. The first-order valence-electron chi connectivity index (χ1n) is 7.93. The Morgan fingerprint density at radius 2 is 1.96 bits per heavy atom. The molecule has 1 heterocycles. The zero-order valence-corrected chi connectivity index (χ0v) is 15.6. The van der Waals surface area contributed by atoms with Crippen molar-refractivity contribution < 1.29 is 4.74 Å². The molecule has 2 N–H and O–H groups in total. The predicted octanol–water partition coefficient (Wildman–Crippen LogP) is 4.59. The van der Waals surface area contributed by atoms with Gasteiger partial charge in [-0.1, -0.05) is 41.4 Å². The number of benzene rings is 2. The number of ether oxygens (including phenoxy) is 1. The van der Waals surface area contributed by atoms with E-state index in [0.717, 1.165) is 17.7 Å². The van der Waals surface area contributed by atoms with Gasteiger partial charge in [0.2, 0.25) is 5.95 Å². The fourth-order valence-corrected chi connectivity index (χ4v) is 2.73. The van der Waals surface area contributed by atoms with Crippen LogP contribution in [0.5, 0.6) is 5.75 Å². The molecule has 0 saturated heterocycles. The molecule has 0 fully saturated rings. The van der Waals surface area contributed by atoms with Crippen LogP contribution in [0.3, 0.4) is 0 Å². The van der Waals surface area contributed by atoms with Gasteiger partial charge in [-0.3, -0.25) is 0 Å². The second-order valence-corrected chi connectivity index (χ2v) is 6.25. The lowest BCUT2D eigenvalue weighted by Crippen LogP contribution is -2.09. The number of para-hydroxylation sites is 1. The van der Waals surface area contributed by atoms with E-state index < -0.39 is 0 Å². The summed E-state index contributed by atoms with van der Waals surface area (Å²) in [5.74, 6) is 1.81. The second kappa shape index (κ2) is 8.69. The molecule has 0 amide bonds. The van der Waals surface area contributed by atoms with Gasteiger partial charge in [-0.2, -0.15) is 10.1 Å².